The molecule has 2 rings (SSSR count). The second-order valence-corrected chi connectivity index (χ2v) is 8.19. The van der Waals surface area contributed by atoms with Crippen LogP contribution in [0.5, 0.6) is 0 Å². The summed E-state index contributed by atoms with van der Waals surface area (Å²) in [5.41, 5.74) is 1.24. The molecule has 1 aliphatic rings. The van der Waals surface area contributed by atoms with E-state index in [0.29, 0.717) is 6.54 Å². The molecule has 1 aromatic rings. The Morgan fingerprint density at radius 1 is 1.32 bits per heavy atom. The van der Waals surface area contributed by atoms with Gasteiger partial charge in [0.25, 0.3) is 0 Å². The molecule has 0 unspecified atom stereocenters. The molecule has 106 valence electrons. The molecule has 6 heteroatoms. The Kier molecular flexibility index (Phi) is 4.89. The van der Waals surface area contributed by atoms with E-state index in [1.54, 1.807) is 11.8 Å². The van der Waals surface area contributed by atoms with Gasteiger partial charge >= 0.3 is 0 Å². The van der Waals surface area contributed by atoms with Crippen LogP contribution in [0.4, 0.5) is 0 Å². The Hall–Kier alpha value is -0.560. The standard InChI is InChI=1S/C13H19NO3S2/c1-10-2-4-11(5-3-10)18-7-6-14-12-8-19(16,17)9-13(12)15/h2-5,12-15H,6-9H2,1H3/t12-,13-/m0/s1. The molecule has 4 nitrogen and oxygen atoms in total. The minimum atomic E-state index is -3.06. The number of rotatable bonds is 5. The number of thioether (sulfide) groups is 1. The van der Waals surface area contributed by atoms with Crippen LogP contribution in [-0.4, -0.2) is 49.5 Å². The zero-order valence-electron chi connectivity index (χ0n) is 10.9. The highest BCUT2D eigenvalue weighted by molar-refractivity contribution is 7.99. The molecule has 1 saturated heterocycles. The average molecular weight is 301 g/mol. The van der Waals surface area contributed by atoms with E-state index in [-0.39, 0.29) is 17.5 Å². The van der Waals surface area contributed by atoms with Crippen LogP contribution in [0, 0.1) is 6.92 Å². The summed E-state index contributed by atoms with van der Waals surface area (Å²) in [6.45, 7) is 2.74. The van der Waals surface area contributed by atoms with Crippen molar-refractivity contribution in [1.29, 1.82) is 0 Å². The number of aliphatic hydroxyl groups is 1. The summed E-state index contributed by atoms with van der Waals surface area (Å²) in [4.78, 5) is 1.20. The van der Waals surface area contributed by atoms with Crippen LogP contribution in [0.1, 0.15) is 5.56 Å². The molecule has 0 bridgehead atoms. The van der Waals surface area contributed by atoms with Gasteiger partial charge in [0.05, 0.1) is 17.6 Å². The molecule has 2 N–H and O–H groups in total. The van der Waals surface area contributed by atoms with Crippen LogP contribution >= 0.6 is 11.8 Å². The van der Waals surface area contributed by atoms with E-state index in [1.807, 2.05) is 0 Å². The maximum absolute atomic E-state index is 11.3. The van der Waals surface area contributed by atoms with Crippen molar-refractivity contribution in [2.45, 2.75) is 24.0 Å². The lowest BCUT2D eigenvalue weighted by Crippen LogP contribution is -2.39. The normalized spacial score (nSPS) is 25.6. The number of aliphatic hydroxyl groups excluding tert-OH is 1. The fraction of sp³-hybridized carbons (Fsp3) is 0.538. The fourth-order valence-electron chi connectivity index (χ4n) is 2.07. The minimum absolute atomic E-state index is 0.0450. The van der Waals surface area contributed by atoms with Crippen LogP contribution in [0.25, 0.3) is 0 Å². The molecule has 0 radical (unpaired) electrons. The van der Waals surface area contributed by atoms with E-state index in [0.717, 1.165) is 5.75 Å². The lowest BCUT2D eigenvalue weighted by atomic mass is 10.2. The zero-order chi connectivity index (χ0) is 13.9. The summed E-state index contributed by atoms with van der Waals surface area (Å²) in [6, 6.07) is 7.99. The van der Waals surface area contributed by atoms with Crippen LogP contribution in [-0.2, 0) is 9.84 Å². The largest absolute Gasteiger partial charge is 0.390 e. The third-order valence-corrected chi connectivity index (χ3v) is 5.85. The van der Waals surface area contributed by atoms with Gasteiger partial charge in [-0.05, 0) is 19.1 Å². The summed E-state index contributed by atoms with van der Waals surface area (Å²) in [7, 11) is -3.06. The van der Waals surface area contributed by atoms with Crippen molar-refractivity contribution in [3.63, 3.8) is 0 Å². The topological polar surface area (TPSA) is 66.4 Å². The highest BCUT2D eigenvalue weighted by Gasteiger charge is 2.35. The first-order valence-electron chi connectivity index (χ1n) is 6.28. The Labute approximate surface area is 118 Å². The molecule has 0 amide bonds. The van der Waals surface area contributed by atoms with Gasteiger partial charge in [0.2, 0.25) is 0 Å². The van der Waals surface area contributed by atoms with E-state index in [4.69, 9.17) is 0 Å². The van der Waals surface area contributed by atoms with E-state index < -0.39 is 15.9 Å². The third kappa shape index (κ3) is 4.49. The molecule has 1 aliphatic heterocycles. The molecule has 1 heterocycles. The van der Waals surface area contributed by atoms with Gasteiger partial charge in [0, 0.05) is 23.2 Å². The Morgan fingerprint density at radius 3 is 2.58 bits per heavy atom. The second-order valence-electron chi connectivity index (χ2n) is 4.87. The lowest BCUT2D eigenvalue weighted by Gasteiger charge is -2.14. The first-order valence-corrected chi connectivity index (χ1v) is 9.08. The summed E-state index contributed by atoms with van der Waals surface area (Å²) in [6.07, 6.45) is -0.769. The number of benzene rings is 1. The Morgan fingerprint density at radius 2 is 2.00 bits per heavy atom. The second kappa shape index (κ2) is 6.26. The van der Waals surface area contributed by atoms with Gasteiger partial charge in [-0.15, -0.1) is 11.8 Å². The van der Waals surface area contributed by atoms with Gasteiger partial charge in [-0.3, -0.25) is 0 Å². The van der Waals surface area contributed by atoms with Crippen LogP contribution in [0.15, 0.2) is 29.2 Å². The first-order chi connectivity index (χ1) is 8.96. The summed E-state index contributed by atoms with van der Waals surface area (Å²) < 4.78 is 22.7. The molecule has 1 fully saturated rings. The Balaban J connectivity index is 1.71. The summed E-state index contributed by atoms with van der Waals surface area (Å²) >= 11 is 1.72. The predicted molar refractivity (Wildman–Crippen MR) is 78.4 cm³/mol. The number of hydrogen-bond donors (Lipinski definition) is 2. The summed E-state index contributed by atoms with van der Waals surface area (Å²) in [5.74, 6) is 0.783. The van der Waals surface area contributed by atoms with Gasteiger partial charge in [0.1, 0.15) is 0 Å². The molecule has 0 saturated carbocycles. The van der Waals surface area contributed by atoms with Gasteiger partial charge in [0.15, 0.2) is 9.84 Å². The molecular formula is C13H19NO3S2. The molecule has 1 aromatic carbocycles. The van der Waals surface area contributed by atoms with E-state index in [1.165, 1.54) is 10.5 Å². The maximum atomic E-state index is 11.3. The number of nitrogens with one attached hydrogen (secondary N) is 1. The molecule has 2 atom stereocenters. The van der Waals surface area contributed by atoms with Gasteiger partial charge in [-0.2, -0.15) is 0 Å². The monoisotopic (exact) mass is 301 g/mol. The average Bonchev–Trinajstić information content (AvgIpc) is 2.60. The van der Waals surface area contributed by atoms with Crippen molar-refractivity contribution in [2.75, 3.05) is 23.8 Å². The number of sulfone groups is 1. The minimum Gasteiger partial charge on any atom is -0.390 e. The van der Waals surface area contributed by atoms with Crippen molar-refractivity contribution < 1.29 is 13.5 Å². The van der Waals surface area contributed by atoms with Crippen molar-refractivity contribution >= 4 is 21.6 Å². The predicted octanol–water partition coefficient (Wildman–Crippen LogP) is 0.835. The van der Waals surface area contributed by atoms with Gasteiger partial charge in [-0.1, -0.05) is 17.7 Å². The van der Waals surface area contributed by atoms with E-state index in [9.17, 15) is 13.5 Å². The van der Waals surface area contributed by atoms with E-state index in [2.05, 4.69) is 36.5 Å². The quantitative estimate of drug-likeness (QED) is 0.623. The van der Waals surface area contributed by atoms with Crippen molar-refractivity contribution in [3.05, 3.63) is 29.8 Å². The fourth-order valence-corrected chi connectivity index (χ4v) is 4.63. The molecule has 19 heavy (non-hydrogen) atoms. The molecule has 0 aromatic heterocycles. The molecule has 0 spiro atoms. The number of aryl methyl sites for hydroxylation is 1. The maximum Gasteiger partial charge on any atom is 0.154 e. The first kappa shape index (κ1) is 14.8. The van der Waals surface area contributed by atoms with Crippen molar-refractivity contribution in [3.8, 4) is 0 Å². The van der Waals surface area contributed by atoms with Crippen LogP contribution in [0.3, 0.4) is 0 Å². The Bertz CT molecular complexity index is 513. The lowest BCUT2D eigenvalue weighted by molar-refractivity contribution is 0.167. The van der Waals surface area contributed by atoms with Crippen molar-refractivity contribution in [2.24, 2.45) is 0 Å². The molecular weight excluding hydrogens is 282 g/mol. The highest BCUT2D eigenvalue weighted by Crippen LogP contribution is 2.18. The van der Waals surface area contributed by atoms with Crippen molar-refractivity contribution in [1.82, 2.24) is 5.32 Å². The smallest absolute Gasteiger partial charge is 0.154 e. The zero-order valence-corrected chi connectivity index (χ0v) is 12.5. The SMILES string of the molecule is Cc1ccc(SCCN[C@H]2CS(=O)(=O)C[C@@H]2O)cc1. The number of hydrogen-bond acceptors (Lipinski definition) is 5. The van der Waals surface area contributed by atoms with Crippen LogP contribution in [0.2, 0.25) is 0 Å². The highest BCUT2D eigenvalue weighted by atomic mass is 32.2. The third-order valence-electron chi connectivity index (χ3n) is 3.12. The van der Waals surface area contributed by atoms with Gasteiger partial charge < -0.3 is 10.4 Å². The van der Waals surface area contributed by atoms with Crippen LogP contribution < -0.4 is 5.32 Å². The van der Waals surface area contributed by atoms with Gasteiger partial charge in [-0.25, -0.2) is 8.42 Å². The van der Waals surface area contributed by atoms with E-state index >= 15 is 0 Å². The summed E-state index contributed by atoms with van der Waals surface area (Å²) in [5, 5.41) is 12.7. The molecule has 0 aliphatic carbocycles.